The van der Waals surface area contributed by atoms with E-state index in [2.05, 4.69) is 10.6 Å². The first-order valence-electron chi connectivity index (χ1n) is 8.69. The van der Waals surface area contributed by atoms with Crippen LogP contribution >= 0.6 is 24.2 Å². The van der Waals surface area contributed by atoms with Gasteiger partial charge in [0.1, 0.15) is 0 Å². The molecule has 3 rings (SSSR count). The van der Waals surface area contributed by atoms with Crippen LogP contribution in [0.2, 0.25) is 0 Å². The van der Waals surface area contributed by atoms with Gasteiger partial charge in [0.15, 0.2) is 0 Å². The van der Waals surface area contributed by atoms with Gasteiger partial charge in [0.2, 0.25) is 11.8 Å². The molecule has 1 aromatic rings. The van der Waals surface area contributed by atoms with E-state index in [0.29, 0.717) is 19.4 Å². The molecular weight excluding hydrogens is 358 g/mol. The van der Waals surface area contributed by atoms with Crippen molar-refractivity contribution in [1.82, 2.24) is 10.6 Å². The molecule has 1 unspecified atom stereocenters. The zero-order valence-corrected chi connectivity index (χ0v) is 16.0. The third kappa shape index (κ3) is 5.90. The van der Waals surface area contributed by atoms with E-state index >= 15 is 0 Å². The Morgan fingerprint density at radius 1 is 1.28 bits per heavy atom. The highest BCUT2D eigenvalue weighted by molar-refractivity contribution is 7.99. The maximum Gasteiger partial charge on any atom is 0.226 e. The predicted octanol–water partition coefficient (Wildman–Crippen LogP) is 2.34. The van der Waals surface area contributed by atoms with Crippen molar-refractivity contribution < 1.29 is 9.59 Å². The first-order chi connectivity index (χ1) is 11.7. The molecule has 0 spiro atoms. The van der Waals surface area contributed by atoms with E-state index in [4.69, 9.17) is 0 Å². The van der Waals surface area contributed by atoms with Crippen molar-refractivity contribution in [3.63, 3.8) is 0 Å². The first-order valence-corrected chi connectivity index (χ1v) is 9.85. The van der Waals surface area contributed by atoms with E-state index in [1.54, 1.807) is 0 Å². The van der Waals surface area contributed by atoms with Gasteiger partial charge in [-0.1, -0.05) is 12.1 Å². The lowest BCUT2D eigenvalue weighted by molar-refractivity contribution is -0.121. The van der Waals surface area contributed by atoms with Crippen molar-refractivity contribution in [2.24, 2.45) is 0 Å². The number of thioether (sulfide) groups is 1. The van der Waals surface area contributed by atoms with Crippen LogP contribution in [0.4, 0.5) is 5.69 Å². The number of carbonyl (C=O) groups excluding carboxylic acids is 2. The minimum absolute atomic E-state index is 0. The molecule has 0 aromatic heterocycles. The van der Waals surface area contributed by atoms with E-state index in [-0.39, 0.29) is 30.3 Å². The van der Waals surface area contributed by atoms with Crippen LogP contribution in [0.5, 0.6) is 0 Å². The van der Waals surface area contributed by atoms with Gasteiger partial charge >= 0.3 is 0 Å². The molecule has 0 bridgehead atoms. The van der Waals surface area contributed by atoms with Gasteiger partial charge in [-0.05, 0) is 30.5 Å². The Kier molecular flexibility index (Phi) is 8.06. The van der Waals surface area contributed by atoms with Gasteiger partial charge in [-0.15, -0.1) is 12.4 Å². The number of nitrogens with one attached hydrogen (secondary N) is 2. The summed E-state index contributed by atoms with van der Waals surface area (Å²) in [6.45, 7) is 2.33. The summed E-state index contributed by atoms with van der Waals surface area (Å²) in [6, 6.07) is 8.23. The fraction of sp³-hybridized carbons (Fsp3) is 0.556. The minimum Gasteiger partial charge on any atom is -0.352 e. The van der Waals surface area contributed by atoms with Crippen LogP contribution in [-0.4, -0.2) is 42.5 Å². The lowest BCUT2D eigenvalue weighted by atomic mass is 10.1. The molecule has 2 aliphatic heterocycles. The summed E-state index contributed by atoms with van der Waals surface area (Å²) in [6.07, 6.45) is 3.24. The Hall–Kier alpha value is -1.24. The summed E-state index contributed by atoms with van der Waals surface area (Å²) in [5, 5.41) is 6.36. The summed E-state index contributed by atoms with van der Waals surface area (Å²) < 4.78 is 0. The van der Waals surface area contributed by atoms with Crippen molar-refractivity contribution in [1.29, 1.82) is 0 Å². The Balaban J connectivity index is 0.00000225. The molecule has 1 atom stereocenters. The number of amides is 2. The number of rotatable bonds is 5. The van der Waals surface area contributed by atoms with Gasteiger partial charge in [0.25, 0.3) is 0 Å². The lowest BCUT2D eigenvalue weighted by Crippen LogP contribution is -2.41. The zero-order chi connectivity index (χ0) is 16.8. The number of hydrogen-bond acceptors (Lipinski definition) is 4. The number of halogens is 1. The van der Waals surface area contributed by atoms with Crippen LogP contribution in [-0.2, 0) is 16.1 Å². The molecule has 25 heavy (non-hydrogen) atoms. The predicted molar refractivity (Wildman–Crippen MR) is 105 cm³/mol. The smallest absolute Gasteiger partial charge is 0.226 e. The van der Waals surface area contributed by atoms with Crippen molar-refractivity contribution in [3.05, 3.63) is 29.8 Å². The fourth-order valence-electron chi connectivity index (χ4n) is 3.12. The number of hydrogen-bond donors (Lipinski definition) is 2. The van der Waals surface area contributed by atoms with Crippen LogP contribution in [0, 0.1) is 0 Å². The van der Waals surface area contributed by atoms with Gasteiger partial charge in [-0.2, -0.15) is 11.8 Å². The van der Waals surface area contributed by atoms with Crippen LogP contribution in [0.15, 0.2) is 24.3 Å². The van der Waals surface area contributed by atoms with Gasteiger partial charge < -0.3 is 15.5 Å². The normalized spacial score (nSPS) is 20.7. The SMILES string of the molecule is Cl.O=C(CC1CSCCN1)NCc1ccc(N2CCCCC2=O)cc1. The molecule has 0 saturated carbocycles. The lowest BCUT2D eigenvalue weighted by Gasteiger charge is -2.27. The average Bonchev–Trinajstić information content (AvgIpc) is 2.62. The number of anilines is 1. The van der Waals surface area contributed by atoms with Crippen molar-refractivity contribution in [2.45, 2.75) is 38.3 Å². The molecule has 0 radical (unpaired) electrons. The Morgan fingerprint density at radius 2 is 2.08 bits per heavy atom. The standard InChI is InChI=1S/C18H25N3O2S.ClH/c22-17(11-15-13-24-10-8-19-15)20-12-14-4-6-16(7-5-14)21-9-2-1-3-18(21)23;/h4-7,15,19H,1-3,8-13H2,(H,20,22);1H. The summed E-state index contributed by atoms with van der Waals surface area (Å²) in [5.41, 5.74) is 2.01. The Labute approximate surface area is 159 Å². The maximum atomic E-state index is 12.0. The molecule has 138 valence electrons. The molecule has 2 heterocycles. The van der Waals surface area contributed by atoms with Gasteiger partial charge in [0.05, 0.1) is 0 Å². The van der Waals surface area contributed by atoms with E-state index in [0.717, 1.165) is 48.7 Å². The number of nitrogens with zero attached hydrogens (tertiary/aromatic N) is 1. The summed E-state index contributed by atoms with van der Waals surface area (Å²) in [7, 11) is 0. The van der Waals surface area contributed by atoms with Crippen LogP contribution in [0.3, 0.4) is 0 Å². The van der Waals surface area contributed by atoms with E-state index < -0.39 is 0 Å². The van der Waals surface area contributed by atoms with E-state index in [1.165, 1.54) is 0 Å². The fourth-order valence-corrected chi connectivity index (χ4v) is 4.07. The quantitative estimate of drug-likeness (QED) is 0.819. The van der Waals surface area contributed by atoms with Crippen molar-refractivity contribution in [3.8, 4) is 0 Å². The number of benzene rings is 1. The van der Waals surface area contributed by atoms with E-state index in [1.807, 2.05) is 40.9 Å². The molecule has 0 aliphatic carbocycles. The number of piperidine rings is 1. The summed E-state index contributed by atoms with van der Waals surface area (Å²) in [5.74, 6) is 2.43. The third-order valence-corrected chi connectivity index (χ3v) is 5.62. The van der Waals surface area contributed by atoms with E-state index in [9.17, 15) is 9.59 Å². The molecule has 2 fully saturated rings. The molecular formula is C18H26ClN3O2S. The first kappa shape index (κ1) is 20.1. The third-order valence-electron chi connectivity index (χ3n) is 4.49. The average molecular weight is 384 g/mol. The molecule has 2 amide bonds. The van der Waals surface area contributed by atoms with Crippen molar-refractivity contribution in [2.75, 3.05) is 29.5 Å². The summed E-state index contributed by atoms with van der Waals surface area (Å²) >= 11 is 1.90. The second-order valence-corrected chi connectivity index (χ2v) is 7.53. The molecule has 2 saturated heterocycles. The molecule has 1 aromatic carbocycles. The van der Waals surface area contributed by atoms with Gasteiger partial charge in [0, 0.05) is 55.7 Å². The summed E-state index contributed by atoms with van der Waals surface area (Å²) in [4.78, 5) is 25.8. The second-order valence-electron chi connectivity index (χ2n) is 6.38. The molecule has 7 heteroatoms. The largest absolute Gasteiger partial charge is 0.352 e. The minimum atomic E-state index is 0. The zero-order valence-electron chi connectivity index (χ0n) is 14.3. The van der Waals surface area contributed by atoms with Crippen LogP contribution < -0.4 is 15.5 Å². The monoisotopic (exact) mass is 383 g/mol. The van der Waals surface area contributed by atoms with Crippen LogP contribution in [0.1, 0.15) is 31.2 Å². The van der Waals surface area contributed by atoms with Gasteiger partial charge in [-0.3, -0.25) is 9.59 Å². The highest BCUT2D eigenvalue weighted by atomic mass is 35.5. The molecule has 5 nitrogen and oxygen atoms in total. The highest BCUT2D eigenvalue weighted by Gasteiger charge is 2.19. The Bertz CT molecular complexity index is 576. The topological polar surface area (TPSA) is 61.4 Å². The van der Waals surface area contributed by atoms with Gasteiger partial charge in [-0.25, -0.2) is 0 Å². The maximum absolute atomic E-state index is 12.0. The molecule has 2 N–H and O–H groups in total. The van der Waals surface area contributed by atoms with Crippen molar-refractivity contribution >= 4 is 41.7 Å². The second kappa shape index (κ2) is 10.0. The highest BCUT2D eigenvalue weighted by Crippen LogP contribution is 2.21. The van der Waals surface area contributed by atoms with Crippen LogP contribution in [0.25, 0.3) is 0 Å². The molecule has 2 aliphatic rings. The Morgan fingerprint density at radius 3 is 2.76 bits per heavy atom. The number of carbonyl (C=O) groups is 2.